The van der Waals surface area contributed by atoms with Gasteiger partial charge in [0.05, 0.1) is 22.6 Å². The first-order chi connectivity index (χ1) is 14.6. The molecule has 1 N–H and O–H groups in total. The Morgan fingerprint density at radius 2 is 1.97 bits per heavy atom. The van der Waals surface area contributed by atoms with Crippen molar-refractivity contribution in [3.63, 3.8) is 0 Å². The second kappa shape index (κ2) is 10.2. The van der Waals surface area contributed by atoms with E-state index in [-0.39, 0.29) is 18.2 Å². The minimum Gasteiger partial charge on any atom is -0.490 e. The molecule has 0 fully saturated rings. The highest BCUT2D eigenvalue weighted by Crippen LogP contribution is 2.29. The standard InChI is InChI=1S/C21H19N3O5S/c1-2-28-19-12-16(13-22-23-21(25)20-4-3-11-30-20)7-10-18(19)29-14-15-5-8-17(9-6-15)24(26)27/h3-13H,2,14H2,1H3,(H,23,25)/b22-13+. The topological polar surface area (TPSA) is 103 Å². The molecule has 0 spiro atoms. The predicted molar refractivity (Wildman–Crippen MR) is 114 cm³/mol. The van der Waals surface area contributed by atoms with E-state index in [0.29, 0.717) is 23.0 Å². The van der Waals surface area contributed by atoms with E-state index in [1.165, 1.54) is 29.7 Å². The third-order valence-corrected chi connectivity index (χ3v) is 4.80. The molecular formula is C21H19N3O5S. The van der Waals surface area contributed by atoms with Crippen LogP contribution in [0.25, 0.3) is 0 Å². The molecule has 154 valence electrons. The summed E-state index contributed by atoms with van der Waals surface area (Å²) in [6, 6.07) is 15.0. The van der Waals surface area contributed by atoms with Crippen LogP contribution in [0.4, 0.5) is 5.69 Å². The minimum absolute atomic E-state index is 0.0311. The fourth-order valence-electron chi connectivity index (χ4n) is 2.50. The van der Waals surface area contributed by atoms with Crippen LogP contribution in [0.2, 0.25) is 0 Å². The van der Waals surface area contributed by atoms with Crippen molar-refractivity contribution in [3.8, 4) is 11.5 Å². The van der Waals surface area contributed by atoms with Crippen molar-refractivity contribution in [1.29, 1.82) is 0 Å². The SMILES string of the molecule is CCOc1cc(/C=N/NC(=O)c2cccs2)ccc1OCc1ccc([N+](=O)[O-])cc1. The van der Waals surface area contributed by atoms with Crippen molar-refractivity contribution < 1.29 is 19.2 Å². The number of non-ortho nitro benzene ring substituents is 1. The highest BCUT2D eigenvalue weighted by molar-refractivity contribution is 7.12. The molecule has 0 aliphatic carbocycles. The molecule has 1 aromatic heterocycles. The maximum absolute atomic E-state index is 11.9. The summed E-state index contributed by atoms with van der Waals surface area (Å²) in [5.74, 6) is 0.803. The van der Waals surface area contributed by atoms with Crippen LogP contribution in [0, 0.1) is 10.1 Å². The molecule has 0 saturated heterocycles. The molecular weight excluding hydrogens is 406 g/mol. The van der Waals surface area contributed by atoms with Gasteiger partial charge in [-0.15, -0.1) is 11.3 Å². The minimum atomic E-state index is -0.443. The van der Waals surface area contributed by atoms with Crippen LogP contribution in [0.5, 0.6) is 11.5 Å². The van der Waals surface area contributed by atoms with Crippen molar-refractivity contribution >= 4 is 29.1 Å². The van der Waals surface area contributed by atoms with Crippen LogP contribution in [0.3, 0.4) is 0 Å². The first-order valence-corrected chi connectivity index (χ1v) is 9.94. The largest absolute Gasteiger partial charge is 0.490 e. The lowest BCUT2D eigenvalue weighted by molar-refractivity contribution is -0.384. The predicted octanol–water partition coefficient (Wildman–Crippen LogP) is 4.40. The lowest BCUT2D eigenvalue weighted by Gasteiger charge is -2.12. The number of carbonyl (C=O) groups excluding carboxylic acids is 1. The molecule has 2 aromatic carbocycles. The van der Waals surface area contributed by atoms with Gasteiger partial charge in [0.1, 0.15) is 6.61 Å². The average Bonchev–Trinajstić information content (AvgIpc) is 3.29. The molecule has 0 aliphatic heterocycles. The number of nitrogens with one attached hydrogen (secondary N) is 1. The van der Waals surface area contributed by atoms with Gasteiger partial charge in [0.2, 0.25) is 0 Å². The third kappa shape index (κ3) is 5.65. The Balaban J connectivity index is 1.64. The lowest BCUT2D eigenvalue weighted by Crippen LogP contribution is -2.16. The summed E-state index contributed by atoms with van der Waals surface area (Å²) in [6.45, 7) is 2.55. The van der Waals surface area contributed by atoms with Crippen molar-refractivity contribution in [1.82, 2.24) is 5.43 Å². The van der Waals surface area contributed by atoms with Gasteiger partial charge in [-0.05, 0) is 59.8 Å². The van der Waals surface area contributed by atoms with E-state index in [9.17, 15) is 14.9 Å². The van der Waals surface area contributed by atoms with Crippen LogP contribution in [-0.2, 0) is 6.61 Å². The summed E-state index contributed by atoms with van der Waals surface area (Å²) in [5.41, 5.74) is 4.04. The summed E-state index contributed by atoms with van der Waals surface area (Å²) in [6.07, 6.45) is 1.52. The fourth-order valence-corrected chi connectivity index (χ4v) is 3.11. The zero-order valence-electron chi connectivity index (χ0n) is 16.1. The van der Waals surface area contributed by atoms with E-state index >= 15 is 0 Å². The number of nitro groups is 1. The monoisotopic (exact) mass is 425 g/mol. The van der Waals surface area contributed by atoms with Gasteiger partial charge in [0.25, 0.3) is 11.6 Å². The number of carbonyl (C=O) groups is 1. The Morgan fingerprint density at radius 1 is 1.17 bits per heavy atom. The molecule has 0 atom stereocenters. The van der Waals surface area contributed by atoms with Crippen LogP contribution >= 0.6 is 11.3 Å². The number of rotatable bonds is 9. The zero-order chi connectivity index (χ0) is 21.3. The molecule has 1 amide bonds. The molecule has 1 heterocycles. The number of ether oxygens (including phenoxy) is 2. The Hall–Kier alpha value is -3.72. The van der Waals surface area contributed by atoms with E-state index in [2.05, 4.69) is 10.5 Å². The lowest BCUT2D eigenvalue weighted by atomic mass is 10.2. The summed E-state index contributed by atoms with van der Waals surface area (Å²) in [7, 11) is 0. The molecule has 0 unspecified atom stereocenters. The first-order valence-electron chi connectivity index (χ1n) is 9.06. The van der Waals surface area contributed by atoms with Gasteiger partial charge < -0.3 is 9.47 Å². The van der Waals surface area contributed by atoms with Gasteiger partial charge in [-0.1, -0.05) is 6.07 Å². The number of benzene rings is 2. The zero-order valence-corrected chi connectivity index (χ0v) is 16.9. The van der Waals surface area contributed by atoms with Gasteiger partial charge in [0.15, 0.2) is 11.5 Å². The van der Waals surface area contributed by atoms with Crippen LogP contribution < -0.4 is 14.9 Å². The van der Waals surface area contributed by atoms with Crippen LogP contribution in [0.1, 0.15) is 27.7 Å². The molecule has 30 heavy (non-hydrogen) atoms. The third-order valence-electron chi connectivity index (χ3n) is 3.93. The number of hydrazone groups is 1. The number of hydrogen-bond acceptors (Lipinski definition) is 7. The highest BCUT2D eigenvalue weighted by atomic mass is 32.1. The van der Waals surface area contributed by atoms with E-state index < -0.39 is 4.92 Å². The number of hydrogen-bond donors (Lipinski definition) is 1. The quantitative estimate of drug-likeness (QED) is 0.311. The fraction of sp³-hybridized carbons (Fsp3) is 0.143. The van der Waals surface area contributed by atoms with E-state index in [1.807, 2.05) is 12.3 Å². The normalized spacial score (nSPS) is 10.7. The van der Waals surface area contributed by atoms with Gasteiger partial charge in [-0.25, -0.2) is 5.43 Å². The van der Waals surface area contributed by atoms with Crippen LogP contribution in [0.15, 0.2) is 65.1 Å². The van der Waals surface area contributed by atoms with Crippen molar-refractivity contribution in [2.24, 2.45) is 5.10 Å². The van der Waals surface area contributed by atoms with Gasteiger partial charge in [-0.2, -0.15) is 5.10 Å². The summed E-state index contributed by atoms with van der Waals surface area (Å²) in [5, 5.41) is 16.5. The van der Waals surface area contributed by atoms with Crippen molar-refractivity contribution in [2.45, 2.75) is 13.5 Å². The Bertz CT molecular complexity index is 1030. The van der Waals surface area contributed by atoms with Gasteiger partial charge in [0, 0.05) is 12.1 Å². The number of thiophene rings is 1. The molecule has 8 nitrogen and oxygen atoms in total. The summed E-state index contributed by atoms with van der Waals surface area (Å²) >= 11 is 1.34. The second-order valence-electron chi connectivity index (χ2n) is 6.03. The Kier molecular flexibility index (Phi) is 7.12. The average molecular weight is 425 g/mol. The molecule has 9 heteroatoms. The molecule has 0 aliphatic rings. The van der Waals surface area contributed by atoms with Crippen molar-refractivity contribution in [3.05, 3.63) is 86.1 Å². The van der Waals surface area contributed by atoms with Crippen molar-refractivity contribution in [2.75, 3.05) is 6.61 Å². The van der Waals surface area contributed by atoms with Crippen LogP contribution in [-0.4, -0.2) is 23.7 Å². The Morgan fingerprint density at radius 3 is 2.63 bits per heavy atom. The number of amides is 1. The Labute approximate surface area is 176 Å². The smallest absolute Gasteiger partial charge is 0.281 e. The first kappa shape index (κ1) is 21.0. The number of nitro benzene ring substituents is 1. The maximum atomic E-state index is 11.9. The van der Waals surface area contributed by atoms with Gasteiger partial charge >= 0.3 is 0 Å². The maximum Gasteiger partial charge on any atom is 0.281 e. The van der Waals surface area contributed by atoms with E-state index in [0.717, 1.165) is 11.1 Å². The van der Waals surface area contributed by atoms with E-state index in [1.54, 1.807) is 42.5 Å². The summed E-state index contributed by atoms with van der Waals surface area (Å²) in [4.78, 5) is 22.8. The highest BCUT2D eigenvalue weighted by Gasteiger charge is 2.09. The second-order valence-corrected chi connectivity index (χ2v) is 6.98. The molecule has 0 bridgehead atoms. The molecule has 3 rings (SSSR count). The molecule has 3 aromatic rings. The molecule has 0 radical (unpaired) electrons. The van der Waals surface area contributed by atoms with Gasteiger partial charge in [-0.3, -0.25) is 14.9 Å². The number of nitrogens with zero attached hydrogens (tertiary/aromatic N) is 2. The van der Waals surface area contributed by atoms with E-state index in [4.69, 9.17) is 9.47 Å². The summed E-state index contributed by atoms with van der Waals surface area (Å²) < 4.78 is 11.5. The molecule has 0 saturated carbocycles.